The fraction of sp³-hybridized carbons (Fsp3) is 0.176. The predicted octanol–water partition coefficient (Wildman–Crippen LogP) is 5.76. The van der Waals surface area contributed by atoms with E-state index < -0.39 is 29.2 Å². The molecule has 0 radical (unpaired) electrons. The molecule has 0 saturated carbocycles. The minimum Gasteiger partial charge on any atom is -0.404 e. The maximum absolute atomic E-state index is 13.0. The number of halogens is 5. The third-order valence-corrected chi connectivity index (χ3v) is 4.22. The summed E-state index contributed by atoms with van der Waals surface area (Å²) in [5, 5.41) is 8.38. The molecule has 2 aromatic rings. The standard InChI is InChI=1S/C17H12Cl2F3NO2/c1-2-9-13(18)8-7-11(14(9)19)15(23)25-16(24)10-5-3-4-6-12(10)17(20,21)22/h3-8,23H,2H2,1H3. The number of benzene rings is 2. The summed E-state index contributed by atoms with van der Waals surface area (Å²) in [7, 11) is 0. The summed E-state index contributed by atoms with van der Waals surface area (Å²) in [6.07, 6.45) is -4.24. The Morgan fingerprint density at radius 3 is 2.36 bits per heavy atom. The van der Waals surface area contributed by atoms with E-state index in [9.17, 15) is 18.0 Å². The van der Waals surface area contributed by atoms with Crippen LogP contribution >= 0.6 is 23.2 Å². The highest BCUT2D eigenvalue weighted by Crippen LogP contribution is 2.33. The smallest absolute Gasteiger partial charge is 0.404 e. The van der Waals surface area contributed by atoms with Gasteiger partial charge in [0.2, 0.25) is 5.90 Å². The van der Waals surface area contributed by atoms with Crippen LogP contribution in [-0.2, 0) is 17.3 Å². The Balaban J connectivity index is 2.33. The molecular weight excluding hydrogens is 378 g/mol. The van der Waals surface area contributed by atoms with Gasteiger partial charge in [0, 0.05) is 5.02 Å². The van der Waals surface area contributed by atoms with Gasteiger partial charge in [0.1, 0.15) is 0 Å². The van der Waals surface area contributed by atoms with Gasteiger partial charge in [-0.1, -0.05) is 42.3 Å². The molecule has 0 bridgehead atoms. The lowest BCUT2D eigenvalue weighted by Gasteiger charge is -2.14. The number of esters is 1. The molecule has 3 nitrogen and oxygen atoms in total. The molecular formula is C17H12Cl2F3NO2. The first-order valence-corrected chi connectivity index (χ1v) is 7.86. The van der Waals surface area contributed by atoms with Crippen LogP contribution in [0.2, 0.25) is 10.0 Å². The topological polar surface area (TPSA) is 50.1 Å². The molecule has 0 saturated heterocycles. The van der Waals surface area contributed by atoms with Crippen LogP contribution in [0.4, 0.5) is 13.2 Å². The average Bonchev–Trinajstić information content (AvgIpc) is 2.54. The number of carbonyl (C=O) groups is 1. The first kappa shape index (κ1) is 19.3. The molecule has 0 fully saturated rings. The van der Waals surface area contributed by atoms with Crippen molar-refractivity contribution in [3.05, 3.63) is 68.7 Å². The predicted molar refractivity (Wildman–Crippen MR) is 89.5 cm³/mol. The Labute approximate surface area is 151 Å². The van der Waals surface area contributed by atoms with E-state index in [0.29, 0.717) is 17.0 Å². The first-order chi connectivity index (χ1) is 11.7. The minimum absolute atomic E-state index is 0.0701. The molecule has 0 aliphatic carbocycles. The molecule has 0 amide bonds. The van der Waals surface area contributed by atoms with Gasteiger partial charge in [-0.05, 0) is 36.2 Å². The summed E-state index contributed by atoms with van der Waals surface area (Å²) < 4.78 is 43.7. The molecule has 0 unspecified atom stereocenters. The van der Waals surface area contributed by atoms with Crippen LogP contribution in [0.3, 0.4) is 0 Å². The highest BCUT2D eigenvalue weighted by Gasteiger charge is 2.35. The number of ether oxygens (including phenoxy) is 1. The molecule has 0 aliphatic rings. The fourth-order valence-electron chi connectivity index (χ4n) is 2.21. The third-order valence-electron chi connectivity index (χ3n) is 3.43. The summed E-state index contributed by atoms with van der Waals surface area (Å²) in [4.78, 5) is 12.1. The lowest BCUT2D eigenvalue weighted by molar-refractivity contribution is -0.138. The first-order valence-electron chi connectivity index (χ1n) is 7.11. The van der Waals surface area contributed by atoms with Crippen LogP contribution in [0.25, 0.3) is 0 Å². The highest BCUT2D eigenvalue weighted by atomic mass is 35.5. The Morgan fingerprint density at radius 1 is 1.12 bits per heavy atom. The maximum atomic E-state index is 13.0. The van der Waals surface area contributed by atoms with Crippen molar-refractivity contribution in [1.29, 1.82) is 5.41 Å². The van der Waals surface area contributed by atoms with Crippen LogP contribution in [0.5, 0.6) is 0 Å². The minimum atomic E-state index is -4.72. The van der Waals surface area contributed by atoms with Crippen molar-refractivity contribution in [3.63, 3.8) is 0 Å². The molecule has 0 spiro atoms. The highest BCUT2D eigenvalue weighted by molar-refractivity contribution is 6.38. The van der Waals surface area contributed by atoms with Crippen LogP contribution in [0, 0.1) is 5.41 Å². The van der Waals surface area contributed by atoms with Crippen molar-refractivity contribution >= 4 is 35.1 Å². The van der Waals surface area contributed by atoms with E-state index in [1.807, 2.05) is 0 Å². The van der Waals surface area contributed by atoms with Gasteiger partial charge >= 0.3 is 12.1 Å². The lowest BCUT2D eigenvalue weighted by Crippen LogP contribution is -2.18. The number of alkyl halides is 3. The summed E-state index contributed by atoms with van der Waals surface area (Å²) in [5.41, 5.74) is -1.19. The quantitative estimate of drug-likeness (QED) is 0.412. The second-order valence-electron chi connectivity index (χ2n) is 5.00. The molecule has 0 aliphatic heterocycles. The van der Waals surface area contributed by atoms with Gasteiger partial charge in [0.25, 0.3) is 0 Å². The van der Waals surface area contributed by atoms with Crippen LogP contribution in [0.1, 0.15) is 34.0 Å². The van der Waals surface area contributed by atoms with Crippen LogP contribution in [0.15, 0.2) is 36.4 Å². The fourth-order valence-corrected chi connectivity index (χ4v) is 2.93. The Morgan fingerprint density at radius 2 is 1.76 bits per heavy atom. The molecule has 0 atom stereocenters. The van der Waals surface area contributed by atoms with Crippen molar-refractivity contribution in [2.75, 3.05) is 0 Å². The maximum Gasteiger partial charge on any atom is 0.417 e. The van der Waals surface area contributed by atoms with E-state index in [0.717, 1.165) is 18.2 Å². The molecule has 0 heterocycles. The molecule has 2 aromatic carbocycles. The van der Waals surface area contributed by atoms with Gasteiger partial charge < -0.3 is 4.74 Å². The second kappa shape index (κ2) is 7.45. The van der Waals surface area contributed by atoms with E-state index >= 15 is 0 Å². The van der Waals surface area contributed by atoms with Gasteiger partial charge in [-0.3, -0.25) is 5.41 Å². The van der Waals surface area contributed by atoms with E-state index in [4.69, 9.17) is 33.3 Å². The van der Waals surface area contributed by atoms with Gasteiger partial charge in [0.05, 0.1) is 21.7 Å². The SMILES string of the molecule is CCc1c(Cl)ccc(C(=N)OC(=O)c2ccccc2C(F)(F)F)c1Cl. The summed E-state index contributed by atoms with van der Waals surface area (Å²) in [6, 6.07) is 7.04. The van der Waals surface area contributed by atoms with Gasteiger partial charge in [-0.2, -0.15) is 13.2 Å². The number of carbonyl (C=O) groups excluding carboxylic acids is 1. The lowest BCUT2D eigenvalue weighted by atomic mass is 10.1. The molecule has 2 rings (SSSR count). The van der Waals surface area contributed by atoms with E-state index in [2.05, 4.69) is 0 Å². The Hall–Kier alpha value is -2.05. The van der Waals surface area contributed by atoms with Crippen molar-refractivity contribution in [2.24, 2.45) is 0 Å². The molecule has 132 valence electrons. The van der Waals surface area contributed by atoms with Gasteiger partial charge in [-0.15, -0.1) is 0 Å². The van der Waals surface area contributed by atoms with E-state index in [1.54, 1.807) is 6.92 Å². The second-order valence-corrected chi connectivity index (χ2v) is 5.79. The zero-order valence-electron chi connectivity index (χ0n) is 12.9. The third kappa shape index (κ3) is 4.14. The number of hydrogen-bond acceptors (Lipinski definition) is 3. The van der Waals surface area contributed by atoms with Gasteiger partial charge in [-0.25, -0.2) is 4.79 Å². The molecule has 1 N–H and O–H groups in total. The van der Waals surface area contributed by atoms with Gasteiger partial charge in [0.15, 0.2) is 0 Å². The Bertz CT molecular complexity index is 835. The van der Waals surface area contributed by atoms with Crippen molar-refractivity contribution < 1.29 is 22.7 Å². The molecule has 8 heteroatoms. The largest absolute Gasteiger partial charge is 0.417 e. The van der Waals surface area contributed by atoms with Crippen molar-refractivity contribution in [2.45, 2.75) is 19.5 Å². The summed E-state index contributed by atoms with van der Waals surface area (Å²) in [6.45, 7) is 1.80. The number of hydrogen-bond donors (Lipinski definition) is 1. The van der Waals surface area contributed by atoms with Crippen LogP contribution in [-0.4, -0.2) is 11.9 Å². The molecule has 0 aromatic heterocycles. The molecule has 25 heavy (non-hydrogen) atoms. The monoisotopic (exact) mass is 389 g/mol. The zero-order valence-corrected chi connectivity index (χ0v) is 14.4. The normalized spacial score (nSPS) is 11.3. The summed E-state index contributed by atoms with van der Waals surface area (Å²) >= 11 is 12.1. The summed E-state index contributed by atoms with van der Waals surface area (Å²) in [5.74, 6) is -1.94. The van der Waals surface area contributed by atoms with E-state index in [1.165, 1.54) is 18.2 Å². The zero-order chi connectivity index (χ0) is 18.8. The van der Waals surface area contributed by atoms with Crippen LogP contribution < -0.4 is 0 Å². The van der Waals surface area contributed by atoms with E-state index in [-0.39, 0.29) is 10.6 Å². The average molecular weight is 390 g/mol. The van der Waals surface area contributed by atoms with Crippen molar-refractivity contribution in [1.82, 2.24) is 0 Å². The number of nitrogens with one attached hydrogen (secondary N) is 1. The number of rotatable bonds is 3. The van der Waals surface area contributed by atoms with Crippen molar-refractivity contribution in [3.8, 4) is 0 Å². The Kier molecular flexibility index (Phi) is 5.75.